The minimum Gasteiger partial charge on any atom is -0.370 e. The highest BCUT2D eigenvalue weighted by molar-refractivity contribution is 5.82. The Morgan fingerprint density at radius 1 is 1.14 bits per heavy atom. The highest BCUT2D eigenvalue weighted by Crippen LogP contribution is 2.41. The molecule has 2 heterocycles. The van der Waals surface area contributed by atoms with Gasteiger partial charge in [-0.3, -0.25) is 9.59 Å². The third-order valence-electron chi connectivity index (χ3n) is 7.81. The second-order valence-electron chi connectivity index (χ2n) is 10.6. The molecule has 9 heteroatoms. The Labute approximate surface area is 205 Å². The summed E-state index contributed by atoms with van der Waals surface area (Å²) in [6.45, 7) is 7.95. The van der Waals surface area contributed by atoms with Crippen LogP contribution in [-0.4, -0.2) is 61.9 Å². The fraction of sp³-hybridized carbons (Fsp3) is 0.654. The molecule has 0 spiro atoms. The largest absolute Gasteiger partial charge is 0.417 e. The number of anilines is 1. The Balaban J connectivity index is 1.82. The summed E-state index contributed by atoms with van der Waals surface area (Å²) in [5, 5.41) is 9.11. The van der Waals surface area contributed by atoms with E-state index in [4.69, 9.17) is 5.26 Å². The van der Waals surface area contributed by atoms with Crippen LogP contribution >= 0.6 is 0 Å². The number of likely N-dealkylation sites (tertiary alicyclic amines) is 1. The zero-order chi connectivity index (χ0) is 26.1. The van der Waals surface area contributed by atoms with E-state index in [-0.39, 0.29) is 29.6 Å². The predicted octanol–water partition coefficient (Wildman–Crippen LogP) is 4.39. The van der Waals surface area contributed by atoms with E-state index in [1.165, 1.54) is 12.1 Å². The van der Waals surface area contributed by atoms with Gasteiger partial charge < -0.3 is 14.7 Å². The molecule has 2 fully saturated rings. The van der Waals surface area contributed by atoms with Crippen LogP contribution in [0.3, 0.4) is 0 Å². The third kappa shape index (κ3) is 5.57. The van der Waals surface area contributed by atoms with Crippen LogP contribution in [0.15, 0.2) is 18.2 Å². The minimum absolute atomic E-state index is 0.0219. The van der Waals surface area contributed by atoms with Gasteiger partial charge in [0.15, 0.2) is 0 Å². The molecule has 0 radical (unpaired) electrons. The second kappa shape index (κ2) is 10.1. The normalized spacial score (nSPS) is 21.7. The van der Waals surface area contributed by atoms with Crippen LogP contribution in [0.1, 0.15) is 51.2 Å². The van der Waals surface area contributed by atoms with Crippen molar-refractivity contribution in [3.05, 3.63) is 29.3 Å². The monoisotopic (exact) mass is 492 g/mol. The molecule has 1 aromatic carbocycles. The van der Waals surface area contributed by atoms with Crippen molar-refractivity contribution in [1.29, 1.82) is 5.26 Å². The number of amides is 2. The molecule has 6 nitrogen and oxygen atoms in total. The molecule has 1 aromatic rings. The van der Waals surface area contributed by atoms with Gasteiger partial charge in [-0.2, -0.15) is 18.4 Å². The SMILES string of the molecule is CCC(C)(C)C(=O)N1CCC([C@@H]2CN(c3ccc(C#N)c(C(F)(F)F)c3)C[C@H]2C(=O)N(C)C)CC1. The lowest BCUT2D eigenvalue weighted by Crippen LogP contribution is -2.47. The molecule has 0 bridgehead atoms. The van der Waals surface area contributed by atoms with Crippen LogP contribution in [0.5, 0.6) is 0 Å². The van der Waals surface area contributed by atoms with Crippen LogP contribution in [-0.2, 0) is 15.8 Å². The Hall–Kier alpha value is -2.76. The van der Waals surface area contributed by atoms with E-state index in [1.807, 2.05) is 30.6 Å². The van der Waals surface area contributed by atoms with Crippen molar-refractivity contribution >= 4 is 17.5 Å². The fourth-order valence-electron chi connectivity index (χ4n) is 5.28. The maximum absolute atomic E-state index is 13.5. The molecule has 35 heavy (non-hydrogen) atoms. The van der Waals surface area contributed by atoms with E-state index >= 15 is 0 Å². The van der Waals surface area contributed by atoms with Crippen molar-refractivity contribution in [3.8, 4) is 6.07 Å². The number of benzene rings is 1. The number of hydrogen-bond acceptors (Lipinski definition) is 4. The maximum atomic E-state index is 13.5. The van der Waals surface area contributed by atoms with Gasteiger partial charge in [0.05, 0.1) is 23.1 Å². The highest BCUT2D eigenvalue weighted by Gasteiger charge is 2.44. The number of carbonyl (C=O) groups excluding carboxylic acids is 2. The Bertz CT molecular complexity index is 991. The fourth-order valence-corrected chi connectivity index (χ4v) is 5.28. The van der Waals surface area contributed by atoms with Gasteiger partial charge in [-0.15, -0.1) is 0 Å². The molecule has 2 saturated heterocycles. The van der Waals surface area contributed by atoms with E-state index in [1.54, 1.807) is 25.1 Å². The number of rotatable bonds is 5. The molecule has 2 aliphatic rings. The van der Waals surface area contributed by atoms with E-state index < -0.39 is 22.7 Å². The van der Waals surface area contributed by atoms with Crippen molar-refractivity contribution in [1.82, 2.24) is 9.80 Å². The van der Waals surface area contributed by atoms with Gasteiger partial charge in [0.25, 0.3) is 0 Å². The summed E-state index contributed by atoms with van der Waals surface area (Å²) in [6, 6.07) is 5.37. The van der Waals surface area contributed by atoms with E-state index in [0.717, 1.165) is 25.3 Å². The molecule has 0 unspecified atom stereocenters. The summed E-state index contributed by atoms with van der Waals surface area (Å²) in [4.78, 5) is 31.2. The Kier molecular flexibility index (Phi) is 7.73. The molecule has 0 saturated carbocycles. The zero-order valence-corrected chi connectivity index (χ0v) is 21.2. The topological polar surface area (TPSA) is 67.6 Å². The summed E-state index contributed by atoms with van der Waals surface area (Å²) in [5.74, 6) is -0.0544. The first kappa shape index (κ1) is 26.8. The molecule has 2 aliphatic heterocycles. The number of hydrogen-bond donors (Lipinski definition) is 0. The smallest absolute Gasteiger partial charge is 0.370 e. The lowest BCUT2D eigenvalue weighted by Gasteiger charge is -2.39. The van der Waals surface area contributed by atoms with Gasteiger partial charge in [-0.1, -0.05) is 20.8 Å². The van der Waals surface area contributed by atoms with Gasteiger partial charge in [0.1, 0.15) is 0 Å². The van der Waals surface area contributed by atoms with Crippen LogP contribution in [0.4, 0.5) is 18.9 Å². The van der Waals surface area contributed by atoms with Gasteiger partial charge in [0, 0.05) is 51.4 Å². The molecule has 0 N–H and O–H groups in total. The summed E-state index contributed by atoms with van der Waals surface area (Å²) in [6.07, 6.45) is -2.34. The molecular formula is C26H35F3N4O2. The molecule has 2 atom stereocenters. The Morgan fingerprint density at radius 2 is 1.77 bits per heavy atom. The van der Waals surface area contributed by atoms with Crippen molar-refractivity contribution in [2.75, 3.05) is 45.2 Å². The van der Waals surface area contributed by atoms with Gasteiger partial charge in [-0.25, -0.2) is 0 Å². The van der Waals surface area contributed by atoms with Crippen molar-refractivity contribution in [3.63, 3.8) is 0 Å². The number of nitrogens with zero attached hydrogens (tertiary/aromatic N) is 4. The van der Waals surface area contributed by atoms with Crippen LogP contribution < -0.4 is 4.90 Å². The van der Waals surface area contributed by atoms with Gasteiger partial charge >= 0.3 is 6.18 Å². The van der Waals surface area contributed by atoms with E-state index in [9.17, 15) is 22.8 Å². The predicted molar refractivity (Wildman–Crippen MR) is 127 cm³/mol. The number of piperidine rings is 1. The number of carbonyl (C=O) groups is 2. The number of halogens is 3. The maximum Gasteiger partial charge on any atom is 0.417 e. The van der Waals surface area contributed by atoms with E-state index in [2.05, 4.69) is 0 Å². The minimum atomic E-state index is -4.63. The lowest BCUT2D eigenvalue weighted by atomic mass is 9.77. The summed E-state index contributed by atoms with van der Waals surface area (Å²) in [7, 11) is 3.39. The van der Waals surface area contributed by atoms with Crippen molar-refractivity contribution < 1.29 is 22.8 Å². The second-order valence-corrected chi connectivity index (χ2v) is 10.6. The highest BCUT2D eigenvalue weighted by atomic mass is 19.4. The first-order chi connectivity index (χ1) is 16.3. The first-order valence-corrected chi connectivity index (χ1v) is 12.2. The lowest BCUT2D eigenvalue weighted by molar-refractivity contribution is -0.143. The van der Waals surface area contributed by atoms with E-state index in [0.29, 0.717) is 31.9 Å². The quantitative estimate of drug-likeness (QED) is 0.611. The first-order valence-electron chi connectivity index (χ1n) is 12.2. The number of nitriles is 1. The molecule has 3 rings (SSSR count). The van der Waals surface area contributed by atoms with Gasteiger partial charge in [0.2, 0.25) is 11.8 Å². The van der Waals surface area contributed by atoms with Crippen LogP contribution in [0, 0.1) is 34.5 Å². The molecule has 0 aromatic heterocycles. The standard InChI is InChI=1S/C26H35F3N4O2/c1-6-25(2,3)24(35)32-11-9-17(10-12-32)20-15-33(16-21(20)23(34)31(4)5)19-8-7-18(14-30)22(13-19)26(27,28)29/h7-8,13,17,20-21H,6,9-12,15-16H2,1-5H3/t20-,21+/m0/s1. The van der Waals surface area contributed by atoms with Crippen molar-refractivity contribution in [2.45, 2.75) is 46.2 Å². The average Bonchev–Trinajstić information content (AvgIpc) is 3.27. The van der Waals surface area contributed by atoms with Crippen molar-refractivity contribution in [2.24, 2.45) is 23.2 Å². The third-order valence-corrected chi connectivity index (χ3v) is 7.81. The number of alkyl halides is 3. The summed E-state index contributed by atoms with van der Waals surface area (Å²) in [5.41, 5.74) is -1.41. The molecule has 2 amide bonds. The van der Waals surface area contributed by atoms with Crippen LogP contribution in [0.2, 0.25) is 0 Å². The van der Waals surface area contributed by atoms with Gasteiger partial charge in [-0.05, 0) is 49.3 Å². The molecule has 0 aliphatic carbocycles. The van der Waals surface area contributed by atoms with Crippen LogP contribution in [0.25, 0.3) is 0 Å². The zero-order valence-electron chi connectivity index (χ0n) is 21.2. The summed E-state index contributed by atoms with van der Waals surface area (Å²) < 4.78 is 40.6. The average molecular weight is 493 g/mol. The summed E-state index contributed by atoms with van der Waals surface area (Å²) >= 11 is 0. The molecule has 192 valence electrons. The molecular weight excluding hydrogens is 457 g/mol. The Morgan fingerprint density at radius 3 is 2.29 bits per heavy atom.